The third-order valence-corrected chi connectivity index (χ3v) is 5.54. The van der Waals surface area contributed by atoms with Crippen LogP contribution in [0, 0.1) is 19.7 Å². The number of rotatable bonds is 6. The summed E-state index contributed by atoms with van der Waals surface area (Å²) in [5.74, 6) is 0.0988. The number of methoxy groups -OCH3 is 2. The van der Waals surface area contributed by atoms with Gasteiger partial charge in [-0.3, -0.25) is 5.32 Å². The third kappa shape index (κ3) is 6.29. The number of halogens is 1. The van der Waals surface area contributed by atoms with E-state index in [-0.39, 0.29) is 18.9 Å². The smallest absolute Gasteiger partial charge is 0.410 e. The minimum atomic E-state index is -0.634. The van der Waals surface area contributed by atoms with Gasteiger partial charge in [-0.2, -0.15) is 5.10 Å². The number of hydrogen-bond acceptors (Lipinski definition) is 6. The summed E-state index contributed by atoms with van der Waals surface area (Å²) in [5, 5.41) is 10.3. The molecule has 2 N–H and O–H groups in total. The predicted molar refractivity (Wildman–Crippen MR) is 128 cm³/mol. The summed E-state index contributed by atoms with van der Waals surface area (Å²) in [5.41, 5.74) is 2.31. The van der Waals surface area contributed by atoms with Crippen LogP contribution < -0.4 is 10.6 Å². The summed E-state index contributed by atoms with van der Waals surface area (Å²) in [4.78, 5) is 27.1. The van der Waals surface area contributed by atoms with Crippen LogP contribution in [-0.4, -0.2) is 66.0 Å². The number of benzene rings is 1. The van der Waals surface area contributed by atoms with Crippen molar-refractivity contribution in [2.45, 2.75) is 59.5 Å². The van der Waals surface area contributed by atoms with Crippen molar-refractivity contribution in [3.05, 3.63) is 40.3 Å². The Morgan fingerprint density at radius 1 is 1.17 bits per heavy atom. The molecule has 1 aromatic heterocycles. The van der Waals surface area contributed by atoms with Crippen LogP contribution in [0.1, 0.15) is 43.2 Å². The van der Waals surface area contributed by atoms with Gasteiger partial charge in [0.05, 0.1) is 24.5 Å². The normalized spacial score (nSPS) is 13.6. The van der Waals surface area contributed by atoms with Gasteiger partial charge in [-0.15, -0.1) is 0 Å². The zero-order valence-electron chi connectivity index (χ0n) is 21.3. The van der Waals surface area contributed by atoms with Crippen molar-refractivity contribution < 1.29 is 28.2 Å². The first kappa shape index (κ1) is 26.4. The highest BCUT2D eigenvalue weighted by Gasteiger charge is 2.31. The zero-order chi connectivity index (χ0) is 25.9. The molecule has 2 aromatic rings. The van der Waals surface area contributed by atoms with Crippen LogP contribution in [-0.2, 0) is 27.2 Å². The number of amides is 3. The summed E-state index contributed by atoms with van der Waals surface area (Å²) in [6.07, 6.45) is -0.570. The number of ether oxygens (including phenoxy) is 3. The Morgan fingerprint density at radius 2 is 1.80 bits per heavy atom. The number of nitrogens with zero attached hydrogens (tertiary/aromatic N) is 3. The number of aryl methyl sites for hydroxylation is 2. The van der Waals surface area contributed by atoms with Crippen molar-refractivity contribution in [1.82, 2.24) is 20.0 Å². The van der Waals surface area contributed by atoms with Gasteiger partial charge < -0.3 is 24.4 Å². The van der Waals surface area contributed by atoms with Gasteiger partial charge in [0.25, 0.3) is 0 Å². The van der Waals surface area contributed by atoms with E-state index in [4.69, 9.17) is 19.3 Å². The number of carbonyl (C=O) groups is 2. The Labute approximate surface area is 204 Å². The maximum absolute atomic E-state index is 14.3. The molecule has 0 spiro atoms. The van der Waals surface area contributed by atoms with E-state index in [9.17, 15) is 14.0 Å². The van der Waals surface area contributed by atoms with Crippen molar-refractivity contribution >= 4 is 17.9 Å². The number of carbonyl (C=O) groups excluding carboxylic acids is 2. The van der Waals surface area contributed by atoms with Gasteiger partial charge >= 0.3 is 12.1 Å². The average Bonchev–Trinajstić information content (AvgIpc) is 3.14. The molecule has 0 fully saturated rings. The number of fused-ring (bicyclic) bond motifs is 1. The van der Waals surface area contributed by atoms with Crippen molar-refractivity contribution in [1.29, 1.82) is 0 Å². The quantitative estimate of drug-likeness (QED) is 0.598. The molecule has 1 aliphatic heterocycles. The predicted octanol–water partition coefficient (Wildman–Crippen LogP) is 3.66. The lowest BCUT2D eigenvalue weighted by atomic mass is 10.1. The highest BCUT2D eigenvalue weighted by Crippen LogP contribution is 2.31. The Morgan fingerprint density at radius 3 is 2.37 bits per heavy atom. The lowest BCUT2D eigenvalue weighted by Crippen LogP contribution is -2.40. The summed E-state index contributed by atoms with van der Waals surface area (Å²) < 4.78 is 31.6. The number of aromatic nitrogens is 2. The van der Waals surface area contributed by atoms with Crippen LogP contribution in [0.15, 0.2) is 12.1 Å². The fraction of sp³-hybridized carbons (Fsp3) is 0.542. The van der Waals surface area contributed by atoms with Crippen LogP contribution >= 0.6 is 0 Å². The van der Waals surface area contributed by atoms with E-state index in [0.29, 0.717) is 41.2 Å². The van der Waals surface area contributed by atoms with E-state index >= 15 is 0 Å². The van der Waals surface area contributed by atoms with Crippen molar-refractivity contribution in [2.75, 3.05) is 32.6 Å². The van der Waals surface area contributed by atoms with Gasteiger partial charge in [-0.25, -0.2) is 18.7 Å². The highest BCUT2D eigenvalue weighted by molar-refractivity contribution is 5.90. The number of anilines is 1. The fourth-order valence-electron chi connectivity index (χ4n) is 3.81. The zero-order valence-corrected chi connectivity index (χ0v) is 21.3. The Bertz CT molecular complexity index is 1070. The molecule has 0 bridgehead atoms. The third-order valence-electron chi connectivity index (χ3n) is 5.54. The molecule has 10 nitrogen and oxygen atoms in total. The lowest BCUT2D eigenvalue weighted by Gasteiger charge is -2.30. The van der Waals surface area contributed by atoms with Crippen LogP contribution in [0.4, 0.5) is 19.8 Å². The molecule has 11 heteroatoms. The molecule has 35 heavy (non-hydrogen) atoms. The molecular weight excluding hydrogens is 457 g/mol. The van der Waals surface area contributed by atoms with Crippen LogP contribution in [0.2, 0.25) is 0 Å². The Kier molecular flexibility index (Phi) is 8.01. The summed E-state index contributed by atoms with van der Waals surface area (Å²) >= 11 is 0. The van der Waals surface area contributed by atoms with E-state index in [2.05, 4.69) is 10.6 Å². The summed E-state index contributed by atoms with van der Waals surface area (Å²) in [6, 6.07) is 2.83. The number of hydrogen-bond donors (Lipinski definition) is 2. The van der Waals surface area contributed by atoms with E-state index < -0.39 is 24.0 Å². The van der Waals surface area contributed by atoms with Gasteiger partial charge in [-0.1, -0.05) is 0 Å². The van der Waals surface area contributed by atoms with Gasteiger partial charge in [-0.05, 0) is 57.9 Å². The van der Waals surface area contributed by atoms with Gasteiger partial charge in [0.2, 0.25) is 0 Å². The highest BCUT2D eigenvalue weighted by atomic mass is 19.1. The standard InChI is InChI=1S/C24H34FN5O5/c1-14-10-16(11-15(2)20(14)25)30-21(27-22(31)26-12-19(33-6)34-7)17-13-29(9-8-18(17)28-30)23(32)35-24(3,4)5/h10-11,19H,8-9,12-13H2,1-7H3,(H2,26,27,31). The Balaban J connectivity index is 1.96. The van der Waals surface area contributed by atoms with E-state index in [1.807, 2.05) is 20.8 Å². The van der Waals surface area contributed by atoms with Crippen LogP contribution in [0.25, 0.3) is 5.69 Å². The van der Waals surface area contributed by atoms with E-state index in [1.165, 1.54) is 14.2 Å². The number of urea groups is 1. The molecule has 0 saturated carbocycles. The fourth-order valence-corrected chi connectivity index (χ4v) is 3.81. The SMILES string of the molecule is COC(CNC(=O)Nc1c2c(nn1-c1cc(C)c(F)c(C)c1)CCN(C(=O)OC(C)(C)C)C2)OC. The topological polar surface area (TPSA) is 107 Å². The molecule has 1 aliphatic rings. The van der Waals surface area contributed by atoms with Crippen molar-refractivity contribution in [2.24, 2.45) is 0 Å². The second-order valence-electron chi connectivity index (χ2n) is 9.47. The monoisotopic (exact) mass is 491 g/mol. The van der Waals surface area contributed by atoms with E-state index in [0.717, 1.165) is 5.69 Å². The van der Waals surface area contributed by atoms with E-state index in [1.54, 1.807) is 35.6 Å². The summed E-state index contributed by atoms with van der Waals surface area (Å²) in [7, 11) is 2.95. The molecule has 2 heterocycles. The first-order valence-electron chi connectivity index (χ1n) is 11.4. The molecule has 3 rings (SSSR count). The largest absolute Gasteiger partial charge is 0.444 e. The minimum absolute atomic E-state index is 0.119. The van der Waals surface area contributed by atoms with Gasteiger partial charge in [0, 0.05) is 32.7 Å². The maximum atomic E-state index is 14.3. The van der Waals surface area contributed by atoms with Crippen LogP contribution in [0.3, 0.4) is 0 Å². The molecule has 0 atom stereocenters. The molecule has 0 radical (unpaired) electrons. The molecule has 0 saturated heterocycles. The van der Waals surface area contributed by atoms with Crippen molar-refractivity contribution in [3.63, 3.8) is 0 Å². The second kappa shape index (κ2) is 10.6. The second-order valence-corrected chi connectivity index (χ2v) is 9.47. The molecule has 0 unspecified atom stereocenters. The average molecular weight is 492 g/mol. The summed E-state index contributed by atoms with van der Waals surface area (Å²) in [6.45, 7) is 9.53. The first-order chi connectivity index (χ1) is 16.4. The molecule has 3 amide bonds. The van der Waals surface area contributed by atoms with Gasteiger partial charge in [0.15, 0.2) is 6.29 Å². The molecular formula is C24H34FN5O5. The lowest BCUT2D eigenvalue weighted by molar-refractivity contribution is -0.0970. The van der Waals surface area contributed by atoms with Crippen molar-refractivity contribution in [3.8, 4) is 5.69 Å². The first-order valence-corrected chi connectivity index (χ1v) is 11.4. The molecule has 192 valence electrons. The number of nitrogens with one attached hydrogen (secondary N) is 2. The molecule has 1 aromatic carbocycles. The van der Waals surface area contributed by atoms with Gasteiger partial charge in [0.1, 0.15) is 17.2 Å². The minimum Gasteiger partial charge on any atom is -0.444 e. The molecule has 0 aliphatic carbocycles. The van der Waals surface area contributed by atoms with Crippen LogP contribution in [0.5, 0.6) is 0 Å². The maximum Gasteiger partial charge on any atom is 0.410 e. The Hall–Kier alpha value is -3.18.